The lowest BCUT2D eigenvalue weighted by atomic mass is 10.1. The summed E-state index contributed by atoms with van der Waals surface area (Å²) in [5, 5.41) is 2.16. The summed E-state index contributed by atoms with van der Waals surface area (Å²) in [5.41, 5.74) is 2.17. The molecule has 1 fully saturated rings. The smallest absolute Gasteiger partial charge is 0.294 e. The van der Waals surface area contributed by atoms with Crippen LogP contribution in [0.2, 0.25) is 0 Å². The normalized spacial score (nSPS) is 15.1. The monoisotopic (exact) mass is 658 g/mol. The summed E-state index contributed by atoms with van der Waals surface area (Å²) in [4.78, 5) is 39.4. The predicted octanol–water partition coefficient (Wildman–Crippen LogP) is 5.67. The average Bonchev–Trinajstić information content (AvgIpc) is 3.48. The van der Waals surface area contributed by atoms with Gasteiger partial charge in [0.25, 0.3) is 11.1 Å². The molecule has 0 unspecified atom stereocenters. The number of hydrogen-bond donors (Lipinski definition) is 1. The van der Waals surface area contributed by atoms with Crippen molar-refractivity contribution < 1.29 is 33.3 Å². The zero-order valence-electron chi connectivity index (χ0n) is 20.8. The van der Waals surface area contributed by atoms with Crippen LogP contribution in [0.3, 0.4) is 0 Å². The molecule has 0 aromatic heterocycles. The van der Waals surface area contributed by atoms with Gasteiger partial charge in [-0.25, -0.2) is 0 Å². The Bertz CT molecular complexity index is 1460. The Balaban J connectivity index is 1.28. The summed E-state index contributed by atoms with van der Waals surface area (Å²) in [6.07, 6.45) is 1.62. The van der Waals surface area contributed by atoms with Crippen LogP contribution in [0.25, 0.3) is 6.08 Å². The molecule has 3 aromatic carbocycles. The number of rotatable bonds is 9. The highest BCUT2D eigenvalue weighted by Gasteiger charge is 2.36. The maximum atomic E-state index is 13.0. The maximum absolute atomic E-state index is 13.0. The molecule has 3 aromatic rings. The van der Waals surface area contributed by atoms with Crippen LogP contribution in [0.5, 0.6) is 23.0 Å². The fourth-order valence-corrected chi connectivity index (χ4v) is 5.53. The zero-order chi connectivity index (χ0) is 27.4. The third kappa shape index (κ3) is 6.31. The Labute approximate surface area is 242 Å². The van der Waals surface area contributed by atoms with Gasteiger partial charge < -0.3 is 24.3 Å². The number of halogens is 1. The number of imide groups is 1. The maximum Gasteiger partial charge on any atom is 0.294 e. The van der Waals surface area contributed by atoms with E-state index < -0.39 is 23.6 Å². The first-order chi connectivity index (χ1) is 18.9. The SMILES string of the molecule is CCOc1cc(/C=C2/SC(=O)N(CC(=O)Nc3ccc4c(c3)OCO4)C2=O)cc(I)c1OCc1ccccc1. The third-order valence-corrected chi connectivity index (χ3v) is 7.40. The fourth-order valence-electron chi connectivity index (χ4n) is 3.91. The van der Waals surface area contributed by atoms with Gasteiger partial charge in [0.2, 0.25) is 12.7 Å². The van der Waals surface area contributed by atoms with Gasteiger partial charge in [-0.1, -0.05) is 30.3 Å². The van der Waals surface area contributed by atoms with Crippen molar-refractivity contribution in [2.45, 2.75) is 13.5 Å². The summed E-state index contributed by atoms with van der Waals surface area (Å²) in [5.74, 6) is 1.19. The van der Waals surface area contributed by atoms with E-state index in [4.69, 9.17) is 18.9 Å². The van der Waals surface area contributed by atoms with Gasteiger partial charge in [0.05, 0.1) is 15.1 Å². The number of nitrogens with zero attached hydrogens (tertiary/aromatic N) is 1. The molecule has 0 radical (unpaired) electrons. The molecule has 0 bridgehead atoms. The van der Waals surface area contributed by atoms with Crippen LogP contribution in [0, 0.1) is 3.57 Å². The molecule has 11 heteroatoms. The number of hydrogen-bond acceptors (Lipinski definition) is 8. The minimum atomic E-state index is -0.539. The van der Waals surface area contributed by atoms with Crippen LogP contribution < -0.4 is 24.3 Å². The molecule has 3 amide bonds. The molecule has 9 nitrogen and oxygen atoms in total. The standard InChI is InChI=1S/C28H23IN2O7S/c1-2-35-23-11-18(10-20(29)26(23)36-15-17-6-4-3-5-7-17)12-24-27(33)31(28(34)39-24)14-25(32)30-19-8-9-21-22(13-19)38-16-37-21/h3-13H,2,14-16H2,1H3,(H,30,32)/b24-12+. The lowest BCUT2D eigenvalue weighted by molar-refractivity contribution is -0.127. The molecular weight excluding hydrogens is 635 g/mol. The van der Waals surface area contributed by atoms with Crippen LogP contribution in [-0.2, 0) is 16.2 Å². The molecule has 0 spiro atoms. The van der Waals surface area contributed by atoms with Crippen LogP contribution in [-0.4, -0.2) is 41.9 Å². The summed E-state index contributed by atoms with van der Waals surface area (Å²) in [7, 11) is 0. The van der Waals surface area contributed by atoms with E-state index in [1.165, 1.54) is 0 Å². The molecule has 0 atom stereocenters. The van der Waals surface area contributed by atoms with Crippen molar-refractivity contribution in [2.75, 3.05) is 25.3 Å². The second-order valence-corrected chi connectivity index (χ2v) is 10.6. The number of benzene rings is 3. The minimum absolute atomic E-state index is 0.115. The van der Waals surface area contributed by atoms with Gasteiger partial charge in [0, 0.05) is 11.8 Å². The van der Waals surface area contributed by atoms with Crippen molar-refractivity contribution in [1.29, 1.82) is 0 Å². The van der Waals surface area contributed by atoms with Crippen LogP contribution in [0.4, 0.5) is 10.5 Å². The molecule has 39 heavy (non-hydrogen) atoms. The lowest BCUT2D eigenvalue weighted by Crippen LogP contribution is -2.36. The number of amides is 3. The van der Waals surface area contributed by atoms with E-state index in [0.29, 0.717) is 47.5 Å². The minimum Gasteiger partial charge on any atom is -0.490 e. The third-order valence-electron chi connectivity index (χ3n) is 5.69. The number of ether oxygens (including phenoxy) is 4. The van der Waals surface area contributed by atoms with Gasteiger partial charge in [0.1, 0.15) is 13.2 Å². The van der Waals surface area contributed by atoms with E-state index >= 15 is 0 Å². The average molecular weight is 658 g/mol. The van der Waals surface area contributed by atoms with E-state index in [9.17, 15) is 14.4 Å². The van der Waals surface area contributed by atoms with Gasteiger partial charge in [-0.2, -0.15) is 0 Å². The Morgan fingerprint density at radius 3 is 2.67 bits per heavy atom. The van der Waals surface area contributed by atoms with Crippen molar-refractivity contribution >= 4 is 63.2 Å². The predicted molar refractivity (Wildman–Crippen MR) is 155 cm³/mol. The molecule has 0 saturated carbocycles. The molecule has 0 aliphatic carbocycles. The first-order valence-electron chi connectivity index (χ1n) is 12.0. The van der Waals surface area contributed by atoms with Crippen molar-refractivity contribution in [2.24, 2.45) is 0 Å². The van der Waals surface area contributed by atoms with Gasteiger partial charge in [-0.3, -0.25) is 19.3 Å². The summed E-state index contributed by atoms with van der Waals surface area (Å²) in [6, 6.07) is 18.4. The number of fused-ring (bicyclic) bond motifs is 1. The van der Waals surface area contributed by atoms with E-state index in [-0.39, 0.29) is 11.7 Å². The van der Waals surface area contributed by atoms with E-state index in [0.717, 1.165) is 25.8 Å². The number of carbonyl (C=O) groups is 3. The van der Waals surface area contributed by atoms with E-state index in [2.05, 4.69) is 27.9 Å². The highest BCUT2D eigenvalue weighted by atomic mass is 127. The topological polar surface area (TPSA) is 103 Å². The number of carbonyl (C=O) groups excluding carboxylic acids is 3. The quantitative estimate of drug-likeness (QED) is 0.232. The highest BCUT2D eigenvalue weighted by Crippen LogP contribution is 2.38. The second kappa shape index (κ2) is 12.0. The van der Waals surface area contributed by atoms with Crippen molar-refractivity contribution in [3.8, 4) is 23.0 Å². The van der Waals surface area contributed by atoms with E-state index in [1.807, 2.05) is 43.3 Å². The van der Waals surface area contributed by atoms with Crippen LogP contribution in [0.15, 0.2) is 65.6 Å². The molecule has 1 N–H and O–H groups in total. The van der Waals surface area contributed by atoms with Crippen molar-refractivity contribution in [1.82, 2.24) is 4.90 Å². The van der Waals surface area contributed by atoms with Crippen molar-refractivity contribution in [3.63, 3.8) is 0 Å². The van der Waals surface area contributed by atoms with E-state index in [1.54, 1.807) is 30.3 Å². The van der Waals surface area contributed by atoms with Gasteiger partial charge >= 0.3 is 0 Å². The summed E-state index contributed by atoms with van der Waals surface area (Å²) in [6.45, 7) is 2.38. The summed E-state index contributed by atoms with van der Waals surface area (Å²) < 4.78 is 23.2. The molecule has 200 valence electrons. The number of thioether (sulfide) groups is 1. The molecule has 1 saturated heterocycles. The molecule has 5 rings (SSSR count). The second-order valence-electron chi connectivity index (χ2n) is 8.42. The zero-order valence-corrected chi connectivity index (χ0v) is 23.7. The summed E-state index contributed by atoms with van der Waals surface area (Å²) >= 11 is 2.94. The Hall–Kier alpha value is -3.71. The van der Waals surface area contributed by atoms with Crippen LogP contribution in [0.1, 0.15) is 18.1 Å². The number of anilines is 1. The molecule has 2 heterocycles. The van der Waals surface area contributed by atoms with Gasteiger partial charge in [-0.15, -0.1) is 0 Å². The fraction of sp³-hybridized carbons (Fsp3) is 0.179. The van der Waals surface area contributed by atoms with Crippen molar-refractivity contribution in [3.05, 3.63) is 80.3 Å². The Morgan fingerprint density at radius 1 is 1.08 bits per heavy atom. The highest BCUT2D eigenvalue weighted by molar-refractivity contribution is 14.1. The molecule has 2 aliphatic heterocycles. The molecular formula is C28H23IN2O7S. The van der Waals surface area contributed by atoms with Crippen LogP contribution >= 0.6 is 34.4 Å². The largest absolute Gasteiger partial charge is 0.490 e. The first-order valence-corrected chi connectivity index (χ1v) is 13.9. The molecule has 2 aliphatic rings. The Morgan fingerprint density at radius 2 is 1.87 bits per heavy atom. The first kappa shape index (κ1) is 26.9. The number of nitrogens with one attached hydrogen (secondary N) is 1. The Kier molecular flexibility index (Phi) is 8.27. The van der Waals surface area contributed by atoms with Gasteiger partial charge in [0.15, 0.2) is 23.0 Å². The lowest BCUT2D eigenvalue weighted by Gasteiger charge is -2.15. The van der Waals surface area contributed by atoms with Gasteiger partial charge in [-0.05, 0) is 82.7 Å².